The Labute approximate surface area is 110 Å². The van der Waals surface area contributed by atoms with E-state index in [0.29, 0.717) is 0 Å². The van der Waals surface area contributed by atoms with Gasteiger partial charge in [-0.05, 0) is 12.1 Å². The van der Waals surface area contributed by atoms with Gasteiger partial charge in [-0.2, -0.15) is 0 Å². The van der Waals surface area contributed by atoms with Crippen molar-refractivity contribution in [1.29, 1.82) is 0 Å². The molecule has 0 saturated heterocycles. The number of nitrogens with one attached hydrogen (secondary N) is 2. The minimum Gasteiger partial charge on any atom is -0.497 e. The lowest BCUT2D eigenvalue weighted by molar-refractivity contribution is -0.937. The Morgan fingerprint density at radius 1 is 0.889 bits per heavy atom. The van der Waals surface area contributed by atoms with Crippen LogP contribution in [0.2, 0.25) is 0 Å². The molecule has 0 bridgehead atoms. The van der Waals surface area contributed by atoms with Crippen LogP contribution < -0.4 is 19.3 Å². The number of quaternary nitrogens is 2. The van der Waals surface area contributed by atoms with Crippen LogP contribution in [-0.4, -0.2) is 48.5 Å². The highest BCUT2D eigenvalue weighted by atomic mass is 16.5. The van der Waals surface area contributed by atoms with Crippen LogP contribution in [0.3, 0.4) is 0 Å². The molecule has 102 valence electrons. The van der Waals surface area contributed by atoms with Gasteiger partial charge in [-0.3, -0.25) is 0 Å². The maximum atomic E-state index is 5.28. The van der Waals surface area contributed by atoms with Gasteiger partial charge < -0.3 is 19.3 Å². The van der Waals surface area contributed by atoms with E-state index in [1.165, 1.54) is 21.9 Å². The van der Waals surface area contributed by atoms with Crippen LogP contribution in [-0.2, 0) is 6.54 Å². The maximum Gasteiger partial charge on any atom is 0.127 e. The van der Waals surface area contributed by atoms with Gasteiger partial charge in [0, 0.05) is 11.6 Å². The van der Waals surface area contributed by atoms with E-state index in [0.717, 1.165) is 24.6 Å². The zero-order valence-corrected chi connectivity index (χ0v) is 12.2. The molecule has 2 N–H and O–H groups in total. The van der Waals surface area contributed by atoms with Crippen LogP contribution in [0.5, 0.6) is 11.5 Å². The van der Waals surface area contributed by atoms with Crippen molar-refractivity contribution < 1.29 is 19.3 Å². The van der Waals surface area contributed by atoms with E-state index in [-0.39, 0.29) is 0 Å². The highest BCUT2D eigenvalue weighted by Gasteiger charge is 2.08. The van der Waals surface area contributed by atoms with E-state index in [9.17, 15) is 0 Å². The predicted molar refractivity (Wildman–Crippen MR) is 72.7 cm³/mol. The lowest BCUT2D eigenvalue weighted by Gasteiger charge is -2.16. The second kappa shape index (κ2) is 7.24. The molecule has 0 heterocycles. The smallest absolute Gasteiger partial charge is 0.127 e. The number of benzene rings is 1. The van der Waals surface area contributed by atoms with Gasteiger partial charge in [-0.25, -0.2) is 0 Å². The molecule has 0 aliphatic heterocycles. The van der Waals surface area contributed by atoms with Gasteiger partial charge in [0.2, 0.25) is 0 Å². The van der Waals surface area contributed by atoms with E-state index in [4.69, 9.17) is 9.47 Å². The molecular weight excluding hydrogens is 228 g/mol. The standard InChI is InChI=1S/C14H24N2O2/c1-15(2)6-7-16(3)11-12-8-13(17-4)10-14(9-12)18-5/h8-10H,6-7,11H2,1-5H3/p+2. The first-order valence-electron chi connectivity index (χ1n) is 6.37. The molecule has 0 aliphatic rings. The molecule has 0 aliphatic carbocycles. The Balaban J connectivity index is 2.65. The lowest BCUT2D eigenvalue weighted by atomic mass is 10.2. The van der Waals surface area contributed by atoms with E-state index in [1.54, 1.807) is 14.2 Å². The number of ether oxygens (including phenoxy) is 2. The first-order valence-corrected chi connectivity index (χ1v) is 6.37. The first-order chi connectivity index (χ1) is 8.55. The van der Waals surface area contributed by atoms with E-state index in [2.05, 4.69) is 33.3 Å². The number of rotatable bonds is 7. The number of likely N-dealkylation sites (N-methyl/N-ethyl adjacent to an activating group) is 2. The second-order valence-electron chi connectivity index (χ2n) is 5.06. The van der Waals surface area contributed by atoms with Gasteiger partial charge in [-0.15, -0.1) is 0 Å². The summed E-state index contributed by atoms with van der Waals surface area (Å²) in [7, 11) is 9.95. The zero-order chi connectivity index (χ0) is 13.5. The van der Waals surface area contributed by atoms with Gasteiger partial charge in [0.1, 0.15) is 31.1 Å². The summed E-state index contributed by atoms with van der Waals surface area (Å²) in [5.74, 6) is 1.71. The SMILES string of the molecule is COc1cc(C[NH+](C)CC[NH+](C)C)cc(OC)c1. The molecule has 0 spiro atoms. The Morgan fingerprint density at radius 3 is 1.89 bits per heavy atom. The van der Waals surface area contributed by atoms with Crippen LogP contribution in [0.25, 0.3) is 0 Å². The molecule has 1 aromatic rings. The van der Waals surface area contributed by atoms with E-state index >= 15 is 0 Å². The van der Waals surface area contributed by atoms with Crippen molar-refractivity contribution in [3.05, 3.63) is 23.8 Å². The molecular formula is C14H26N2O2+2. The largest absolute Gasteiger partial charge is 0.497 e. The van der Waals surface area contributed by atoms with Gasteiger partial charge in [0.05, 0.1) is 35.4 Å². The van der Waals surface area contributed by atoms with Gasteiger partial charge >= 0.3 is 0 Å². The molecule has 0 fully saturated rings. The Hall–Kier alpha value is -1.26. The molecule has 4 heteroatoms. The minimum atomic E-state index is 0.857. The van der Waals surface area contributed by atoms with Gasteiger partial charge in [0.25, 0.3) is 0 Å². The van der Waals surface area contributed by atoms with Crippen molar-refractivity contribution in [2.45, 2.75) is 6.54 Å². The average molecular weight is 254 g/mol. The monoisotopic (exact) mass is 254 g/mol. The molecule has 0 saturated carbocycles. The molecule has 1 rings (SSSR count). The number of methoxy groups -OCH3 is 2. The molecule has 18 heavy (non-hydrogen) atoms. The molecule has 1 unspecified atom stereocenters. The molecule has 0 amide bonds. The fourth-order valence-electron chi connectivity index (χ4n) is 1.87. The summed E-state index contributed by atoms with van der Waals surface area (Å²) >= 11 is 0. The summed E-state index contributed by atoms with van der Waals surface area (Å²) in [6.45, 7) is 3.32. The molecule has 1 atom stereocenters. The predicted octanol–water partition coefficient (Wildman–Crippen LogP) is -1.14. The van der Waals surface area contributed by atoms with Crippen molar-refractivity contribution in [3.63, 3.8) is 0 Å². The van der Waals surface area contributed by atoms with Crippen LogP contribution in [0.4, 0.5) is 0 Å². The average Bonchev–Trinajstić information content (AvgIpc) is 2.35. The summed E-state index contributed by atoms with van der Waals surface area (Å²) in [4.78, 5) is 2.98. The van der Waals surface area contributed by atoms with Crippen molar-refractivity contribution in [1.82, 2.24) is 0 Å². The fourth-order valence-corrected chi connectivity index (χ4v) is 1.87. The lowest BCUT2D eigenvalue weighted by Crippen LogP contribution is -3.15. The summed E-state index contributed by atoms with van der Waals surface area (Å²) in [6.07, 6.45) is 0. The third-order valence-electron chi connectivity index (χ3n) is 2.97. The number of hydrogen-bond acceptors (Lipinski definition) is 2. The fraction of sp³-hybridized carbons (Fsp3) is 0.571. The highest BCUT2D eigenvalue weighted by molar-refractivity contribution is 5.38. The third-order valence-corrected chi connectivity index (χ3v) is 2.97. The Morgan fingerprint density at radius 2 is 1.44 bits per heavy atom. The number of hydrogen-bond donors (Lipinski definition) is 2. The van der Waals surface area contributed by atoms with Crippen LogP contribution in [0.1, 0.15) is 5.56 Å². The van der Waals surface area contributed by atoms with Gasteiger partial charge in [-0.1, -0.05) is 0 Å². The topological polar surface area (TPSA) is 27.3 Å². The zero-order valence-electron chi connectivity index (χ0n) is 12.2. The Kier molecular flexibility index (Phi) is 5.95. The second-order valence-corrected chi connectivity index (χ2v) is 5.06. The van der Waals surface area contributed by atoms with Crippen LogP contribution in [0.15, 0.2) is 18.2 Å². The normalized spacial score (nSPS) is 12.6. The molecule has 4 nitrogen and oxygen atoms in total. The molecule has 0 aromatic heterocycles. The van der Waals surface area contributed by atoms with Crippen LogP contribution in [0, 0.1) is 0 Å². The van der Waals surface area contributed by atoms with Crippen molar-refractivity contribution in [2.24, 2.45) is 0 Å². The minimum absolute atomic E-state index is 0.857. The van der Waals surface area contributed by atoms with E-state index in [1.807, 2.05) is 6.07 Å². The highest BCUT2D eigenvalue weighted by Crippen LogP contribution is 2.21. The van der Waals surface area contributed by atoms with Crippen LogP contribution >= 0.6 is 0 Å². The summed E-state index contributed by atoms with van der Waals surface area (Å²) in [5, 5.41) is 0. The van der Waals surface area contributed by atoms with Gasteiger partial charge in [0.15, 0.2) is 0 Å². The van der Waals surface area contributed by atoms with Crippen molar-refractivity contribution in [2.75, 3.05) is 48.5 Å². The Bertz CT molecular complexity index is 345. The maximum absolute atomic E-state index is 5.28. The van der Waals surface area contributed by atoms with Crippen molar-refractivity contribution >= 4 is 0 Å². The molecule has 0 radical (unpaired) electrons. The van der Waals surface area contributed by atoms with Crippen molar-refractivity contribution in [3.8, 4) is 11.5 Å². The van der Waals surface area contributed by atoms with E-state index < -0.39 is 0 Å². The summed E-state index contributed by atoms with van der Waals surface area (Å²) in [6, 6.07) is 6.06. The third kappa shape index (κ3) is 4.94. The summed E-state index contributed by atoms with van der Waals surface area (Å²) < 4.78 is 10.6. The quantitative estimate of drug-likeness (QED) is 0.644. The first kappa shape index (κ1) is 14.8. The molecule has 1 aromatic carbocycles. The summed E-state index contributed by atoms with van der Waals surface area (Å²) in [5.41, 5.74) is 1.25.